The van der Waals surface area contributed by atoms with Crippen LogP contribution in [0, 0.1) is 5.92 Å². The Labute approximate surface area is 205 Å². The van der Waals surface area contributed by atoms with Crippen molar-refractivity contribution in [3.05, 3.63) is 65.7 Å². The molecular weight excluding hydrogens is 446 g/mol. The van der Waals surface area contributed by atoms with Crippen LogP contribution in [0.15, 0.2) is 54.6 Å². The zero-order valence-corrected chi connectivity index (χ0v) is 20.6. The minimum Gasteiger partial charge on any atom is -0.452 e. The first-order valence-electron chi connectivity index (χ1n) is 11.9. The van der Waals surface area contributed by atoms with Gasteiger partial charge in [0.05, 0.1) is 17.3 Å². The minimum absolute atomic E-state index is 0.0472. The molecule has 0 aromatic heterocycles. The van der Waals surface area contributed by atoms with E-state index < -0.39 is 18.2 Å². The lowest BCUT2D eigenvalue weighted by Gasteiger charge is -2.48. The number of rotatable bonds is 7. The van der Waals surface area contributed by atoms with Crippen LogP contribution in [0.3, 0.4) is 0 Å². The monoisotopic (exact) mass is 477 g/mol. The summed E-state index contributed by atoms with van der Waals surface area (Å²) in [6, 6.07) is 16.1. The number of anilines is 1. The van der Waals surface area contributed by atoms with E-state index in [1.165, 1.54) is 14.7 Å². The molecule has 2 aliphatic rings. The molecule has 4 rings (SSSR count). The highest BCUT2D eigenvalue weighted by Crippen LogP contribution is 2.45. The third kappa shape index (κ3) is 4.17. The Morgan fingerprint density at radius 2 is 1.69 bits per heavy atom. The molecule has 0 saturated carbocycles. The van der Waals surface area contributed by atoms with Crippen LogP contribution >= 0.6 is 0 Å². The molecule has 2 aromatic rings. The number of ether oxygens (including phenoxy) is 1. The number of carbonyl (C=O) groups is 4. The maximum Gasteiger partial charge on any atom is 0.354 e. The summed E-state index contributed by atoms with van der Waals surface area (Å²) in [4.78, 5) is 57.5. The lowest BCUT2D eigenvalue weighted by molar-refractivity contribution is -0.162. The number of carbonyl (C=O) groups excluding carboxylic acids is 4. The summed E-state index contributed by atoms with van der Waals surface area (Å²) in [6.07, 6.45) is 0.214. The van der Waals surface area contributed by atoms with Gasteiger partial charge in [0.15, 0.2) is 6.61 Å². The summed E-state index contributed by atoms with van der Waals surface area (Å²) < 4.78 is 5.56. The Hall–Kier alpha value is -3.68. The summed E-state index contributed by atoms with van der Waals surface area (Å²) in [7, 11) is 1.66. The van der Waals surface area contributed by atoms with Crippen LogP contribution in [0.4, 0.5) is 5.69 Å². The van der Waals surface area contributed by atoms with Gasteiger partial charge in [-0.1, -0.05) is 56.3 Å². The molecule has 2 unspecified atom stereocenters. The minimum atomic E-state index is -1.60. The third-order valence-corrected chi connectivity index (χ3v) is 6.83. The van der Waals surface area contributed by atoms with Gasteiger partial charge in [-0.15, -0.1) is 0 Å². The van der Waals surface area contributed by atoms with Crippen molar-refractivity contribution in [2.24, 2.45) is 5.92 Å². The Kier molecular flexibility index (Phi) is 6.65. The van der Waals surface area contributed by atoms with E-state index >= 15 is 0 Å². The van der Waals surface area contributed by atoms with Crippen molar-refractivity contribution >= 4 is 29.4 Å². The number of para-hydroxylation sites is 1. The van der Waals surface area contributed by atoms with Crippen molar-refractivity contribution in [3.8, 4) is 0 Å². The van der Waals surface area contributed by atoms with Gasteiger partial charge in [-0.2, -0.15) is 0 Å². The van der Waals surface area contributed by atoms with Crippen LogP contribution in [-0.2, 0) is 19.1 Å². The van der Waals surface area contributed by atoms with Crippen LogP contribution in [0.1, 0.15) is 55.6 Å². The first-order valence-corrected chi connectivity index (χ1v) is 11.9. The largest absolute Gasteiger partial charge is 0.452 e. The maximum absolute atomic E-state index is 13.7. The maximum atomic E-state index is 13.7. The van der Waals surface area contributed by atoms with Crippen molar-refractivity contribution in [1.82, 2.24) is 9.80 Å². The highest BCUT2D eigenvalue weighted by atomic mass is 16.5. The Morgan fingerprint density at radius 3 is 2.37 bits per heavy atom. The number of hydrogen-bond acceptors (Lipinski definition) is 5. The second-order valence-electron chi connectivity index (χ2n) is 9.54. The molecule has 184 valence electrons. The molecule has 0 spiro atoms. The number of fused-ring (bicyclic) bond motifs is 3. The normalized spacial score (nSPS) is 19.9. The Bertz CT molecular complexity index is 1150. The predicted octanol–water partition coefficient (Wildman–Crippen LogP) is 3.38. The van der Waals surface area contributed by atoms with E-state index in [-0.39, 0.29) is 49.1 Å². The van der Waals surface area contributed by atoms with Gasteiger partial charge in [-0.3, -0.25) is 19.3 Å². The Morgan fingerprint density at radius 1 is 1.03 bits per heavy atom. The van der Waals surface area contributed by atoms with Gasteiger partial charge in [-0.25, -0.2) is 4.79 Å². The third-order valence-electron chi connectivity index (χ3n) is 6.83. The summed E-state index contributed by atoms with van der Waals surface area (Å²) >= 11 is 0. The molecule has 1 fully saturated rings. The molecule has 0 bridgehead atoms. The molecule has 0 radical (unpaired) electrons. The number of benzene rings is 2. The van der Waals surface area contributed by atoms with Gasteiger partial charge < -0.3 is 14.5 Å². The fourth-order valence-electron chi connectivity index (χ4n) is 4.88. The topological polar surface area (TPSA) is 87.2 Å². The number of amides is 3. The predicted molar refractivity (Wildman–Crippen MR) is 130 cm³/mol. The number of esters is 1. The fraction of sp³-hybridized carbons (Fsp3) is 0.407. The molecule has 2 aromatic carbocycles. The van der Waals surface area contributed by atoms with Crippen LogP contribution in [0.2, 0.25) is 0 Å². The van der Waals surface area contributed by atoms with Gasteiger partial charge >= 0.3 is 5.97 Å². The van der Waals surface area contributed by atoms with E-state index in [0.29, 0.717) is 11.3 Å². The second kappa shape index (κ2) is 9.52. The highest BCUT2D eigenvalue weighted by Gasteiger charge is 2.62. The molecule has 3 amide bonds. The quantitative estimate of drug-likeness (QED) is 0.571. The van der Waals surface area contributed by atoms with E-state index in [1.807, 2.05) is 51.1 Å². The van der Waals surface area contributed by atoms with Crippen LogP contribution in [-0.4, -0.2) is 59.4 Å². The van der Waals surface area contributed by atoms with Gasteiger partial charge in [0, 0.05) is 26.4 Å². The molecule has 1 saturated heterocycles. The lowest BCUT2D eigenvalue weighted by atomic mass is 9.95. The molecule has 8 nitrogen and oxygen atoms in total. The summed E-state index contributed by atoms with van der Waals surface area (Å²) in [6.45, 7) is 5.56. The second-order valence-corrected chi connectivity index (χ2v) is 9.54. The molecule has 0 aliphatic carbocycles. The van der Waals surface area contributed by atoms with Gasteiger partial charge in [0.25, 0.3) is 11.8 Å². The molecule has 35 heavy (non-hydrogen) atoms. The van der Waals surface area contributed by atoms with Gasteiger partial charge in [0.2, 0.25) is 11.6 Å². The zero-order valence-electron chi connectivity index (χ0n) is 20.6. The van der Waals surface area contributed by atoms with Crippen LogP contribution in [0.5, 0.6) is 0 Å². The number of hydrogen-bond donors (Lipinski definition) is 0. The van der Waals surface area contributed by atoms with E-state index in [9.17, 15) is 19.2 Å². The van der Waals surface area contributed by atoms with Crippen molar-refractivity contribution in [3.63, 3.8) is 0 Å². The van der Waals surface area contributed by atoms with Crippen molar-refractivity contribution in [1.29, 1.82) is 0 Å². The molecule has 2 heterocycles. The van der Waals surface area contributed by atoms with E-state index in [0.717, 1.165) is 5.56 Å². The van der Waals surface area contributed by atoms with E-state index in [4.69, 9.17) is 4.74 Å². The SMILES string of the molecule is CC(C)CN1C(=O)c2ccccc2N2C(=O)CCC12C(=O)OCC(=O)N(C)C(C)c1ccccc1. The molecule has 2 aliphatic heterocycles. The first-order chi connectivity index (χ1) is 16.7. The lowest BCUT2D eigenvalue weighted by Crippen LogP contribution is -2.69. The average molecular weight is 478 g/mol. The van der Waals surface area contributed by atoms with Crippen molar-refractivity contribution in [2.45, 2.75) is 45.3 Å². The number of likely N-dealkylation sites (N-methyl/N-ethyl adjacent to an activating group) is 1. The molecular formula is C27H31N3O5. The van der Waals surface area contributed by atoms with Crippen molar-refractivity contribution in [2.75, 3.05) is 25.1 Å². The Balaban J connectivity index is 1.61. The van der Waals surface area contributed by atoms with Gasteiger partial charge in [0.1, 0.15) is 0 Å². The molecule has 0 N–H and O–H groups in total. The summed E-state index contributed by atoms with van der Waals surface area (Å²) in [5, 5.41) is 0. The molecule has 2 atom stereocenters. The molecule has 8 heteroatoms. The fourth-order valence-corrected chi connectivity index (χ4v) is 4.88. The highest BCUT2D eigenvalue weighted by molar-refractivity contribution is 6.15. The standard InChI is InChI=1S/C27H31N3O5/c1-18(2)16-29-25(33)21-12-8-9-13-22(21)30-23(31)14-15-27(29,30)26(34)35-17-24(32)28(4)19(3)20-10-6-5-7-11-20/h5-13,18-19H,14-17H2,1-4H3. The van der Waals surface area contributed by atoms with E-state index in [2.05, 4.69) is 0 Å². The first kappa shape index (κ1) is 24.4. The van der Waals surface area contributed by atoms with E-state index in [1.54, 1.807) is 31.3 Å². The number of nitrogens with zero attached hydrogens (tertiary/aromatic N) is 3. The van der Waals surface area contributed by atoms with Crippen molar-refractivity contribution < 1.29 is 23.9 Å². The van der Waals surface area contributed by atoms with Crippen LogP contribution < -0.4 is 4.90 Å². The zero-order chi connectivity index (χ0) is 25.3. The van der Waals surface area contributed by atoms with Gasteiger partial charge in [-0.05, 0) is 30.5 Å². The summed E-state index contributed by atoms with van der Waals surface area (Å²) in [5.41, 5.74) is 0.132. The average Bonchev–Trinajstić information content (AvgIpc) is 3.22. The smallest absolute Gasteiger partial charge is 0.354 e. The van der Waals surface area contributed by atoms with Crippen LogP contribution in [0.25, 0.3) is 0 Å². The summed E-state index contributed by atoms with van der Waals surface area (Å²) in [5.74, 6) is -1.66.